The van der Waals surface area contributed by atoms with E-state index in [0.717, 1.165) is 22.5 Å². The van der Waals surface area contributed by atoms with E-state index in [1.54, 1.807) is 4.90 Å². The molecule has 1 unspecified atom stereocenters. The number of hydrogen-bond donors (Lipinski definition) is 1. The fourth-order valence-electron chi connectivity index (χ4n) is 2.64. The van der Waals surface area contributed by atoms with Crippen molar-refractivity contribution in [2.45, 2.75) is 25.5 Å². The van der Waals surface area contributed by atoms with Crippen molar-refractivity contribution in [2.24, 2.45) is 0 Å². The van der Waals surface area contributed by atoms with Crippen LogP contribution in [0.2, 0.25) is 0 Å². The standard InChI is InChI=1S/C19H18N2O2S2/c1-12-7-9-14(10-8-12)20-17(22)11-16-18(23)21(19(24)25-16)15-6-4-3-5-13(15)2/h3-10,16H,11H2,1-2H3,(H,20,22). The lowest BCUT2D eigenvalue weighted by molar-refractivity contribution is -0.121. The lowest BCUT2D eigenvalue weighted by atomic mass is 10.1. The van der Waals surface area contributed by atoms with Gasteiger partial charge in [-0.1, -0.05) is 59.9 Å². The molecule has 1 aliphatic heterocycles. The van der Waals surface area contributed by atoms with E-state index in [2.05, 4.69) is 5.32 Å². The van der Waals surface area contributed by atoms with Crippen LogP contribution in [0.1, 0.15) is 17.5 Å². The Morgan fingerprint density at radius 1 is 1.16 bits per heavy atom. The van der Waals surface area contributed by atoms with Gasteiger partial charge in [-0.05, 0) is 37.6 Å². The molecular weight excluding hydrogens is 352 g/mol. The third-order valence-electron chi connectivity index (χ3n) is 3.98. The monoisotopic (exact) mass is 370 g/mol. The first kappa shape index (κ1) is 17.6. The molecule has 2 amide bonds. The Balaban J connectivity index is 1.69. The highest BCUT2D eigenvalue weighted by Gasteiger charge is 2.39. The molecule has 1 fully saturated rings. The number of amides is 2. The van der Waals surface area contributed by atoms with Crippen LogP contribution in [0.3, 0.4) is 0 Å². The highest BCUT2D eigenvalue weighted by molar-refractivity contribution is 8.25. The van der Waals surface area contributed by atoms with Gasteiger partial charge in [0.05, 0.1) is 5.69 Å². The SMILES string of the molecule is Cc1ccc(NC(=O)CC2SC(=S)N(c3ccccc3C)C2=O)cc1. The smallest absolute Gasteiger partial charge is 0.246 e. The van der Waals surface area contributed by atoms with Crippen molar-refractivity contribution in [1.82, 2.24) is 0 Å². The molecule has 25 heavy (non-hydrogen) atoms. The highest BCUT2D eigenvalue weighted by Crippen LogP contribution is 2.35. The molecule has 0 radical (unpaired) electrons. The number of hydrogen-bond acceptors (Lipinski definition) is 4. The van der Waals surface area contributed by atoms with Gasteiger partial charge in [-0.15, -0.1) is 0 Å². The van der Waals surface area contributed by atoms with Crippen LogP contribution in [0.25, 0.3) is 0 Å². The molecule has 3 rings (SSSR count). The topological polar surface area (TPSA) is 49.4 Å². The van der Waals surface area contributed by atoms with Gasteiger partial charge in [0, 0.05) is 12.1 Å². The van der Waals surface area contributed by atoms with Gasteiger partial charge in [0.15, 0.2) is 0 Å². The van der Waals surface area contributed by atoms with E-state index in [-0.39, 0.29) is 18.2 Å². The van der Waals surface area contributed by atoms with Gasteiger partial charge in [-0.25, -0.2) is 0 Å². The Bertz CT molecular complexity index is 834. The zero-order valence-corrected chi connectivity index (χ0v) is 15.6. The Labute approximate surface area is 156 Å². The van der Waals surface area contributed by atoms with Crippen molar-refractivity contribution >= 4 is 51.5 Å². The van der Waals surface area contributed by atoms with Crippen molar-refractivity contribution in [3.8, 4) is 0 Å². The largest absolute Gasteiger partial charge is 0.326 e. The van der Waals surface area contributed by atoms with Crippen LogP contribution < -0.4 is 10.2 Å². The molecule has 0 saturated carbocycles. The average Bonchev–Trinajstić information content (AvgIpc) is 2.84. The molecule has 1 saturated heterocycles. The third kappa shape index (κ3) is 3.91. The summed E-state index contributed by atoms with van der Waals surface area (Å²) in [7, 11) is 0. The van der Waals surface area contributed by atoms with Crippen LogP contribution in [0, 0.1) is 13.8 Å². The molecule has 2 aromatic carbocycles. The predicted octanol–water partition coefficient (Wildman–Crippen LogP) is 4.07. The number of benzene rings is 2. The van der Waals surface area contributed by atoms with E-state index in [1.807, 2.05) is 62.4 Å². The molecule has 4 nitrogen and oxygen atoms in total. The first-order valence-electron chi connectivity index (χ1n) is 7.92. The first-order chi connectivity index (χ1) is 12.0. The quantitative estimate of drug-likeness (QED) is 0.825. The maximum Gasteiger partial charge on any atom is 0.246 e. The summed E-state index contributed by atoms with van der Waals surface area (Å²) in [4.78, 5) is 26.6. The number of nitrogens with one attached hydrogen (secondary N) is 1. The van der Waals surface area contributed by atoms with Crippen LogP contribution in [-0.2, 0) is 9.59 Å². The Hall–Kier alpha value is -2.18. The van der Waals surface area contributed by atoms with Gasteiger partial charge in [0.2, 0.25) is 11.8 Å². The van der Waals surface area contributed by atoms with Crippen molar-refractivity contribution in [2.75, 3.05) is 10.2 Å². The summed E-state index contributed by atoms with van der Waals surface area (Å²) in [5.41, 5.74) is 3.61. The lowest BCUT2D eigenvalue weighted by Gasteiger charge is -2.17. The number of carbonyl (C=O) groups is 2. The summed E-state index contributed by atoms with van der Waals surface area (Å²) in [6, 6.07) is 15.2. The van der Waals surface area contributed by atoms with Gasteiger partial charge >= 0.3 is 0 Å². The zero-order valence-electron chi connectivity index (χ0n) is 14.0. The number of aryl methyl sites for hydroxylation is 2. The summed E-state index contributed by atoms with van der Waals surface area (Å²) in [5, 5.41) is 2.34. The minimum absolute atomic E-state index is 0.0971. The van der Waals surface area contributed by atoms with E-state index >= 15 is 0 Å². The molecular formula is C19H18N2O2S2. The molecule has 0 aromatic heterocycles. The maximum atomic E-state index is 12.7. The van der Waals surface area contributed by atoms with E-state index < -0.39 is 5.25 Å². The highest BCUT2D eigenvalue weighted by atomic mass is 32.2. The Morgan fingerprint density at radius 3 is 2.52 bits per heavy atom. The lowest BCUT2D eigenvalue weighted by Crippen LogP contribution is -2.33. The predicted molar refractivity (Wildman–Crippen MR) is 107 cm³/mol. The maximum absolute atomic E-state index is 12.7. The van der Waals surface area contributed by atoms with Crippen molar-refractivity contribution in [3.63, 3.8) is 0 Å². The summed E-state index contributed by atoms with van der Waals surface area (Å²) < 4.78 is 0.493. The minimum Gasteiger partial charge on any atom is -0.326 e. The zero-order chi connectivity index (χ0) is 18.0. The molecule has 1 N–H and O–H groups in total. The van der Waals surface area contributed by atoms with Crippen LogP contribution in [0.5, 0.6) is 0 Å². The molecule has 128 valence electrons. The fourth-order valence-corrected chi connectivity index (χ4v) is 4.15. The summed E-state index contributed by atoms with van der Waals surface area (Å²) in [6.45, 7) is 3.92. The molecule has 1 heterocycles. The van der Waals surface area contributed by atoms with Crippen molar-refractivity contribution in [1.29, 1.82) is 0 Å². The van der Waals surface area contributed by atoms with E-state index in [0.29, 0.717) is 4.32 Å². The molecule has 0 bridgehead atoms. The van der Waals surface area contributed by atoms with Gasteiger partial charge in [0.25, 0.3) is 0 Å². The van der Waals surface area contributed by atoms with Gasteiger partial charge in [-0.2, -0.15) is 0 Å². The number of rotatable bonds is 4. The van der Waals surface area contributed by atoms with Gasteiger partial charge < -0.3 is 5.32 Å². The van der Waals surface area contributed by atoms with E-state index in [1.165, 1.54) is 11.8 Å². The van der Waals surface area contributed by atoms with Gasteiger partial charge in [0.1, 0.15) is 9.57 Å². The van der Waals surface area contributed by atoms with Crippen LogP contribution in [0.4, 0.5) is 11.4 Å². The third-order valence-corrected chi connectivity index (χ3v) is 5.49. The fraction of sp³-hybridized carbons (Fsp3) is 0.211. The van der Waals surface area contributed by atoms with Crippen molar-refractivity contribution < 1.29 is 9.59 Å². The number of carbonyl (C=O) groups excluding carboxylic acids is 2. The molecule has 1 aliphatic rings. The minimum atomic E-state index is -0.488. The number of anilines is 2. The summed E-state index contributed by atoms with van der Waals surface area (Å²) >= 11 is 6.64. The number of thioether (sulfide) groups is 1. The van der Waals surface area contributed by atoms with Gasteiger partial charge in [-0.3, -0.25) is 14.5 Å². The molecule has 6 heteroatoms. The van der Waals surface area contributed by atoms with Crippen molar-refractivity contribution in [3.05, 3.63) is 59.7 Å². The molecule has 0 spiro atoms. The molecule has 1 atom stereocenters. The number of nitrogens with zero attached hydrogens (tertiary/aromatic N) is 1. The summed E-state index contributed by atoms with van der Waals surface area (Å²) in [5.74, 6) is -0.326. The Morgan fingerprint density at radius 2 is 1.84 bits per heavy atom. The number of thiocarbonyl (C=S) groups is 1. The van der Waals surface area contributed by atoms with Crippen LogP contribution >= 0.6 is 24.0 Å². The second kappa shape index (κ2) is 7.37. The molecule has 0 aliphatic carbocycles. The van der Waals surface area contributed by atoms with E-state index in [9.17, 15) is 9.59 Å². The second-order valence-electron chi connectivity index (χ2n) is 5.95. The summed E-state index contributed by atoms with van der Waals surface area (Å²) in [6.07, 6.45) is 0.0971. The average molecular weight is 370 g/mol. The first-order valence-corrected chi connectivity index (χ1v) is 9.21. The normalized spacial score (nSPS) is 17.0. The molecule has 2 aromatic rings. The number of para-hydroxylation sites is 1. The van der Waals surface area contributed by atoms with Crippen LogP contribution in [-0.4, -0.2) is 21.4 Å². The Kier molecular flexibility index (Phi) is 5.20. The van der Waals surface area contributed by atoms with Crippen LogP contribution in [0.15, 0.2) is 48.5 Å². The van der Waals surface area contributed by atoms with E-state index in [4.69, 9.17) is 12.2 Å². The second-order valence-corrected chi connectivity index (χ2v) is 7.79.